The number of alkyl halides is 3. The van der Waals surface area contributed by atoms with Gasteiger partial charge < -0.3 is 10.1 Å². The highest BCUT2D eigenvalue weighted by atomic mass is 35.5. The predicted molar refractivity (Wildman–Crippen MR) is 114 cm³/mol. The van der Waals surface area contributed by atoms with Gasteiger partial charge in [-0.1, -0.05) is 23.7 Å². The van der Waals surface area contributed by atoms with Crippen LogP contribution in [0.2, 0.25) is 5.02 Å². The number of ether oxygens (including phenoxy) is 1. The first-order valence-electron chi connectivity index (χ1n) is 8.90. The van der Waals surface area contributed by atoms with Gasteiger partial charge in [0.1, 0.15) is 5.75 Å². The first-order chi connectivity index (χ1) is 15.0. The molecule has 0 aliphatic heterocycles. The molecule has 0 atom stereocenters. The molecule has 0 saturated carbocycles. The van der Waals surface area contributed by atoms with Gasteiger partial charge in [0.25, 0.3) is 5.91 Å². The fourth-order valence-corrected chi connectivity index (χ4v) is 3.17. The molecular formula is C20H17ClF3N5O3. The van der Waals surface area contributed by atoms with Crippen LogP contribution in [0.15, 0.2) is 48.5 Å². The van der Waals surface area contributed by atoms with E-state index >= 15 is 0 Å². The zero-order valence-corrected chi connectivity index (χ0v) is 17.2. The van der Waals surface area contributed by atoms with Gasteiger partial charge in [-0.05, 0) is 41.1 Å². The van der Waals surface area contributed by atoms with Crippen molar-refractivity contribution >= 4 is 45.7 Å². The molecule has 0 fully saturated rings. The van der Waals surface area contributed by atoms with Gasteiger partial charge in [-0.2, -0.15) is 13.2 Å². The molecule has 3 rings (SSSR count). The second-order valence-electron chi connectivity index (χ2n) is 6.55. The minimum atomic E-state index is -4.47. The van der Waals surface area contributed by atoms with Crippen molar-refractivity contribution in [2.24, 2.45) is 11.7 Å². The molecule has 3 aromatic rings. The minimum absolute atomic E-state index is 0.0164. The number of urea groups is 1. The highest BCUT2D eigenvalue weighted by molar-refractivity contribution is 6.32. The standard InChI is InChI=1S/C20H17ClF3N5O3/c1-32-17-9-15(16(8-14(17)21)29(26)19(31)28-25)27-18(30)12-3-2-11-7-13(20(22,23)24)5-4-10(11)6-12/h2-9H,25-26H2,1H3,(H,27,30)(H,28,31). The lowest BCUT2D eigenvalue weighted by molar-refractivity contribution is -0.137. The highest BCUT2D eigenvalue weighted by Gasteiger charge is 2.30. The summed E-state index contributed by atoms with van der Waals surface area (Å²) < 4.78 is 43.9. The van der Waals surface area contributed by atoms with Gasteiger partial charge >= 0.3 is 12.2 Å². The molecule has 0 spiro atoms. The third-order valence-electron chi connectivity index (χ3n) is 4.55. The number of carbonyl (C=O) groups excluding carboxylic acids is 2. The van der Waals surface area contributed by atoms with Crippen LogP contribution in [0.3, 0.4) is 0 Å². The van der Waals surface area contributed by atoms with Crippen LogP contribution in [0, 0.1) is 0 Å². The molecule has 0 aliphatic rings. The number of methoxy groups -OCH3 is 1. The predicted octanol–water partition coefficient (Wildman–Crippen LogP) is 4.04. The summed E-state index contributed by atoms with van der Waals surface area (Å²) >= 11 is 6.09. The number of nitrogens with one attached hydrogen (secondary N) is 2. The second kappa shape index (κ2) is 8.91. The van der Waals surface area contributed by atoms with Crippen molar-refractivity contribution in [2.45, 2.75) is 6.18 Å². The molecule has 3 aromatic carbocycles. The van der Waals surface area contributed by atoms with E-state index in [1.807, 2.05) is 5.43 Å². The number of rotatable bonds is 4. The van der Waals surface area contributed by atoms with Crippen LogP contribution >= 0.6 is 11.6 Å². The highest BCUT2D eigenvalue weighted by Crippen LogP contribution is 2.36. The summed E-state index contributed by atoms with van der Waals surface area (Å²) in [6, 6.07) is 9.19. The Morgan fingerprint density at radius 1 is 1.06 bits per heavy atom. The van der Waals surface area contributed by atoms with Crippen molar-refractivity contribution in [1.29, 1.82) is 0 Å². The Balaban J connectivity index is 1.97. The Labute approximate surface area is 184 Å². The van der Waals surface area contributed by atoms with Gasteiger partial charge in [-0.15, -0.1) is 0 Å². The summed E-state index contributed by atoms with van der Waals surface area (Å²) in [4.78, 5) is 24.7. The molecule has 12 heteroatoms. The van der Waals surface area contributed by atoms with Crippen LogP contribution in [0.5, 0.6) is 5.75 Å². The van der Waals surface area contributed by atoms with Crippen molar-refractivity contribution in [3.05, 3.63) is 64.7 Å². The largest absolute Gasteiger partial charge is 0.495 e. The molecule has 8 nitrogen and oxygen atoms in total. The van der Waals surface area contributed by atoms with Crippen LogP contribution in [-0.4, -0.2) is 19.0 Å². The lowest BCUT2D eigenvalue weighted by atomic mass is 10.0. The van der Waals surface area contributed by atoms with E-state index in [0.717, 1.165) is 12.1 Å². The summed E-state index contributed by atoms with van der Waals surface area (Å²) in [7, 11) is 1.36. The molecule has 0 saturated heterocycles. The number of hydrogen-bond acceptors (Lipinski definition) is 5. The van der Waals surface area contributed by atoms with E-state index < -0.39 is 23.7 Å². The van der Waals surface area contributed by atoms with Crippen LogP contribution in [0.25, 0.3) is 10.8 Å². The number of anilines is 2. The van der Waals surface area contributed by atoms with Gasteiger partial charge in [-0.3, -0.25) is 10.2 Å². The Kier molecular flexibility index (Phi) is 6.44. The Morgan fingerprint density at radius 2 is 1.72 bits per heavy atom. The summed E-state index contributed by atoms with van der Waals surface area (Å²) in [5.41, 5.74) is 1.31. The van der Waals surface area contributed by atoms with Crippen molar-refractivity contribution in [3.63, 3.8) is 0 Å². The van der Waals surface area contributed by atoms with E-state index in [2.05, 4.69) is 5.32 Å². The summed E-state index contributed by atoms with van der Waals surface area (Å²) in [6.45, 7) is 0. The molecule has 0 aromatic heterocycles. The molecule has 32 heavy (non-hydrogen) atoms. The van der Waals surface area contributed by atoms with Crippen LogP contribution < -0.4 is 32.2 Å². The van der Waals surface area contributed by atoms with Gasteiger partial charge in [0.15, 0.2) is 0 Å². The molecule has 3 amide bonds. The van der Waals surface area contributed by atoms with E-state index in [1.54, 1.807) is 0 Å². The van der Waals surface area contributed by atoms with Gasteiger partial charge in [0.2, 0.25) is 0 Å². The Hall–Kier alpha value is -3.54. The number of nitrogens with zero attached hydrogens (tertiary/aromatic N) is 1. The van der Waals surface area contributed by atoms with E-state index in [4.69, 9.17) is 28.0 Å². The molecule has 0 heterocycles. The molecule has 0 bridgehead atoms. The van der Waals surface area contributed by atoms with E-state index in [1.165, 1.54) is 43.5 Å². The number of benzene rings is 3. The lowest BCUT2D eigenvalue weighted by Gasteiger charge is -2.21. The zero-order valence-electron chi connectivity index (χ0n) is 16.5. The summed E-state index contributed by atoms with van der Waals surface area (Å²) in [5, 5.41) is 4.10. The third kappa shape index (κ3) is 4.69. The fraction of sp³-hybridized carbons (Fsp3) is 0.100. The number of hydrogen-bond donors (Lipinski definition) is 4. The lowest BCUT2D eigenvalue weighted by Crippen LogP contribution is -2.48. The van der Waals surface area contributed by atoms with E-state index in [0.29, 0.717) is 15.8 Å². The first kappa shape index (κ1) is 23.1. The number of amides is 3. The smallest absolute Gasteiger partial charge is 0.416 e. The average Bonchev–Trinajstić information content (AvgIpc) is 2.77. The average molecular weight is 468 g/mol. The van der Waals surface area contributed by atoms with Crippen LogP contribution in [0.4, 0.5) is 29.3 Å². The van der Waals surface area contributed by atoms with Crippen molar-refractivity contribution in [2.75, 3.05) is 17.4 Å². The maximum atomic E-state index is 12.9. The fourth-order valence-electron chi connectivity index (χ4n) is 2.94. The van der Waals surface area contributed by atoms with Crippen molar-refractivity contribution < 1.29 is 27.5 Å². The monoisotopic (exact) mass is 467 g/mol. The van der Waals surface area contributed by atoms with Crippen LogP contribution in [0.1, 0.15) is 15.9 Å². The number of hydrazine groups is 2. The maximum absolute atomic E-state index is 12.9. The van der Waals surface area contributed by atoms with Gasteiger partial charge in [0, 0.05) is 11.6 Å². The van der Waals surface area contributed by atoms with Crippen LogP contribution in [-0.2, 0) is 6.18 Å². The SMILES string of the molecule is COc1cc(NC(=O)c2ccc3cc(C(F)(F)F)ccc3c2)c(N(N)C(=O)NN)cc1Cl. The third-order valence-corrected chi connectivity index (χ3v) is 4.85. The number of halogens is 4. The normalized spacial score (nSPS) is 11.2. The maximum Gasteiger partial charge on any atom is 0.416 e. The Bertz CT molecular complexity index is 1200. The topological polar surface area (TPSA) is 123 Å². The quantitative estimate of drug-likeness (QED) is 0.262. The minimum Gasteiger partial charge on any atom is -0.495 e. The molecular weight excluding hydrogens is 451 g/mol. The van der Waals surface area contributed by atoms with Gasteiger partial charge in [0.05, 0.1) is 29.1 Å². The van der Waals surface area contributed by atoms with Gasteiger partial charge in [-0.25, -0.2) is 21.5 Å². The Morgan fingerprint density at radius 3 is 2.34 bits per heavy atom. The zero-order chi connectivity index (χ0) is 23.6. The molecule has 0 aliphatic carbocycles. The van der Waals surface area contributed by atoms with E-state index in [-0.39, 0.29) is 27.7 Å². The second-order valence-corrected chi connectivity index (χ2v) is 6.96. The molecule has 168 valence electrons. The summed E-state index contributed by atoms with van der Waals surface area (Å²) in [6.07, 6.45) is -4.47. The summed E-state index contributed by atoms with van der Waals surface area (Å²) in [5.74, 6) is 10.4. The van der Waals surface area contributed by atoms with E-state index in [9.17, 15) is 22.8 Å². The number of fused-ring (bicyclic) bond motifs is 1. The van der Waals surface area contributed by atoms with Crippen molar-refractivity contribution in [3.8, 4) is 5.75 Å². The molecule has 6 N–H and O–H groups in total. The van der Waals surface area contributed by atoms with Crippen molar-refractivity contribution in [1.82, 2.24) is 5.43 Å². The number of carbonyl (C=O) groups is 2. The number of nitrogens with two attached hydrogens (primary N) is 2. The molecule has 0 unspecified atom stereocenters. The molecule has 0 radical (unpaired) electrons. The first-order valence-corrected chi connectivity index (χ1v) is 9.28.